The molecule has 5 nitrogen and oxygen atoms in total. The number of rotatable bonds is 3. The summed E-state index contributed by atoms with van der Waals surface area (Å²) < 4.78 is 5.50. The number of aromatic nitrogens is 1. The van der Waals surface area contributed by atoms with E-state index >= 15 is 0 Å². The largest absolute Gasteiger partial charge is 0.381 e. The third-order valence-corrected chi connectivity index (χ3v) is 5.30. The first-order valence-electron chi connectivity index (χ1n) is 8.94. The highest BCUT2D eigenvalue weighted by molar-refractivity contribution is 5.94. The first kappa shape index (κ1) is 16.1. The maximum Gasteiger partial charge on any atom is 0.321 e. The average Bonchev–Trinajstić information content (AvgIpc) is 3.34. The third-order valence-electron chi connectivity index (χ3n) is 5.30. The molecular weight excluding hydrogens is 314 g/mol. The predicted octanol–water partition coefficient (Wildman–Crippen LogP) is 3.64. The number of hydrogen-bond acceptors (Lipinski definition) is 3. The quantitative estimate of drug-likeness (QED) is 0.930. The highest BCUT2D eigenvalue weighted by atomic mass is 16.5. The molecule has 2 amide bonds. The fourth-order valence-corrected chi connectivity index (χ4v) is 3.85. The molecule has 1 aromatic carbocycles. The number of benzene rings is 1. The van der Waals surface area contributed by atoms with Crippen molar-refractivity contribution >= 4 is 11.7 Å². The molecule has 1 aromatic heterocycles. The molecule has 0 spiro atoms. The SMILES string of the molecule is O=C(Nc1ccccc1-c1ccncc1)N1CC[C@@H]([C@H]2CCOC2)C1. The lowest BCUT2D eigenvalue weighted by atomic mass is 9.91. The Hall–Kier alpha value is -2.40. The first-order valence-corrected chi connectivity index (χ1v) is 8.94. The van der Waals surface area contributed by atoms with Crippen molar-refractivity contribution < 1.29 is 9.53 Å². The zero-order valence-corrected chi connectivity index (χ0v) is 14.2. The van der Waals surface area contributed by atoms with Gasteiger partial charge in [-0.05, 0) is 48.4 Å². The van der Waals surface area contributed by atoms with Crippen molar-refractivity contribution in [1.82, 2.24) is 9.88 Å². The van der Waals surface area contributed by atoms with Gasteiger partial charge in [0.25, 0.3) is 0 Å². The second kappa shape index (κ2) is 7.23. The van der Waals surface area contributed by atoms with Crippen molar-refractivity contribution in [2.75, 3.05) is 31.6 Å². The number of anilines is 1. The third kappa shape index (κ3) is 3.51. The normalized spacial score (nSPS) is 23.0. The van der Waals surface area contributed by atoms with E-state index in [2.05, 4.69) is 10.3 Å². The number of pyridine rings is 1. The number of carbonyl (C=O) groups is 1. The van der Waals surface area contributed by atoms with Gasteiger partial charge in [-0.2, -0.15) is 0 Å². The fourth-order valence-electron chi connectivity index (χ4n) is 3.85. The Morgan fingerprint density at radius 3 is 2.76 bits per heavy atom. The van der Waals surface area contributed by atoms with Gasteiger partial charge in [-0.15, -0.1) is 0 Å². The van der Waals surface area contributed by atoms with Crippen LogP contribution < -0.4 is 5.32 Å². The van der Waals surface area contributed by atoms with Crippen LogP contribution in [0.4, 0.5) is 10.5 Å². The Morgan fingerprint density at radius 2 is 1.96 bits per heavy atom. The number of nitrogens with zero attached hydrogens (tertiary/aromatic N) is 2. The van der Waals surface area contributed by atoms with Gasteiger partial charge in [0.2, 0.25) is 0 Å². The highest BCUT2D eigenvalue weighted by Crippen LogP contribution is 2.31. The molecule has 1 N–H and O–H groups in total. The van der Waals surface area contributed by atoms with Gasteiger partial charge in [0.05, 0.1) is 5.69 Å². The minimum atomic E-state index is -0.0112. The molecule has 4 rings (SSSR count). The van der Waals surface area contributed by atoms with Crippen LogP contribution in [-0.4, -0.2) is 42.2 Å². The van der Waals surface area contributed by atoms with E-state index in [4.69, 9.17) is 4.74 Å². The van der Waals surface area contributed by atoms with Gasteiger partial charge in [0, 0.05) is 44.3 Å². The molecule has 2 saturated heterocycles. The van der Waals surface area contributed by atoms with Crippen LogP contribution in [0.1, 0.15) is 12.8 Å². The maximum absolute atomic E-state index is 12.7. The molecule has 0 radical (unpaired) electrons. The molecular formula is C20H23N3O2. The fraction of sp³-hybridized carbons (Fsp3) is 0.400. The number of para-hydroxylation sites is 1. The van der Waals surface area contributed by atoms with E-state index in [0.29, 0.717) is 11.8 Å². The van der Waals surface area contributed by atoms with E-state index in [1.807, 2.05) is 41.3 Å². The lowest BCUT2D eigenvalue weighted by Crippen LogP contribution is -2.34. The summed E-state index contributed by atoms with van der Waals surface area (Å²) in [5.41, 5.74) is 2.90. The number of ether oxygens (including phenoxy) is 1. The standard InChI is InChI=1S/C20H23N3O2/c24-20(23-11-7-16(13-23)17-8-12-25-14-17)22-19-4-2-1-3-18(19)15-5-9-21-10-6-15/h1-6,9-10,16-17H,7-8,11-14H2,(H,22,24)/t16-,17+/m1/s1. The highest BCUT2D eigenvalue weighted by Gasteiger charge is 2.33. The van der Waals surface area contributed by atoms with E-state index < -0.39 is 0 Å². The van der Waals surface area contributed by atoms with E-state index in [1.165, 1.54) is 0 Å². The summed E-state index contributed by atoms with van der Waals surface area (Å²) in [6, 6.07) is 11.8. The second-order valence-corrected chi connectivity index (χ2v) is 6.83. The van der Waals surface area contributed by atoms with Gasteiger partial charge in [-0.1, -0.05) is 18.2 Å². The number of urea groups is 1. The smallest absolute Gasteiger partial charge is 0.321 e. The average molecular weight is 337 g/mol. The number of hydrogen-bond donors (Lipinski definition) is 1. The van der Waals surface area contributed by atoms with Crippen molar-refractivity contribution in [3.63, 3.8) is 0 Å². The van der Waals surface area contributed by atoms with Crippen LogP contribution >= 0.6 is 0 Å². The molecule has 25 heavy (non-hydrogen) atoms. The lowest BCUT2D eigenvalue weighted by Gasteiger charge is -2.20. The summed E-state index contributed by atoms with van der Waals surface area (Å²) >= 11 is 0. The molecule has 2 fully saturated rings. The van der Waals surface area contributed by atoms with Crippen LogP contribution in [0.2, 0.25) is 0 Å². The Morgan fingerprint density at radius 1 is 1.12 bits per heavy atom. The summed E-state index contributed by atoms with van der Waals surface area (Å²) in [7, 11) is 0. The van der Waals surface area contributed by atoms with Gasteiger partial charge in [0.1, 0.15) is 0 Å². The Balaban J connectivity index is 1.45. The first-order chi connectivity index (χ1) is 12.3. The molecule has 3 heterocycles. The molecule has 0 saturated carbocycles. The summed E-state index contributed by atoms with van der Waals surface area (Å²) in [5.74, 6) is 1.19. The van der Waals surface area contributed by atoms with Crippen molar-refractivity contribution in [2.45, 2.75) is 12.8 Å². The molecule has 2 atom stereocenters. The number of amides is 2. The maximum atomic E-state index is 12.7. The monoisotopic (exact) mass is 337 g/mol. The zero-order valence-electron chi connectivity index (χ0n) is 14.2. The van der Waals surface area contributed by atoms with E-state index in [1.54, 1.807) is 12.4 Å². The summed E-state index contributed by atoms with van der Waals surface area (Å²) in [6.45, 7) is 3.37. The van der Waals surface area contributed by atoms with Crippen LogP contribution in [0, 0.1) is 11.8 Å². The summed E-state index contributed by atoms with van der Waals surface area (Å²) in [5, 5.41) is 3.10. The lowest BCUT2D eigenvalue weighted by molar-refractivity contribution is 0.171. The van der Waals surface area contributed by atoms with Crippen molar-refractivity contribution in [2.24, 2.45) is 11.8 Å². The Kier molecular flexibility index (Phi) is 4.65. The number of carbonyl (C=O) groups excluding carboxylic acids is 1. The van der Waals surface area contributed by atoms with Crippen LogP contribution in [0.3, 0.4) is 0 Å². The predicted molar refractivity (Wildman–Crippen MR) is 97.3 cm³/mol. The van der Waals surface area contributed by atoms with Crippen molar-refractivity contribution in [3.8, 4) is 11.1 Å². The molecule has 0 unspecified atom stereocenters. The Labute approximate surface area is 148 Å². The zero-order chi connectivity index (χ0) is 17.1. The van der Waals surface area contributed by atoms with Crippen molar-refractivity contribution in [1.29, 1.82) is 0 Å². The van der Waals surface area contributed by atoms with Gasteiger partial charge in [-0.3, -0.25) is 4.98 Å². The molecule has 2 aromatic rings. The van der Waals surface area contributed by atoms with Crippen LogP contribution in [0.5, 0.6) is 0 Å². The molecule has 2 aliphatic heterocycles. The molecule has 0 aliphatic carbocycles. The van der Waals surface area contributed by atoms with Crippen LogP contribution in [0.25, 0.3) is 11.1 Å². The van der Waals surface area contributed by atoms with Gasteiger partial charge in [0.15, 0.2) is 0 Å². The second-order valence-electron chi connectivity index (χ2n) is 6.83. The minimum absolute atomic E-state index is 0.0112. The van der Waals surface area contributed by atoms with Crippen LogP contribution in [0.15, 0.2) is 48.8 Å². The summed E-state index contributed by atoms with van der Waals surface area (Å²) in [4.78, 5) is 18.7. The summed E-state index contributed by atoms with van der Waals surface area (Å²) in [6.07, 6.45) is 5.74. The van der Waals surface area contributed by atoms with Crippen LogP contribution in [-0.2, 0) is 4.74 Å². The molecule has 130 valence electrons. The minimum Gasteiger partial charge on any atom is -0.381 e. The van der Waals surface area contributed by atoms with E-state index in [0.717, 1.165) is 56.0 Å². The van der Waals surface area contributed by atoms with Gasteiger partial charge < -0.3 is 15.0 Å². The number of likely N-dealkylation sites (tertiary alicyclic amines) is 1. The van der Waals surface area contributed by atoms with E-state index in [-0.39, 0.29) is 6.03 Å². The number of nitrogens with one attached hydrogen (secondary N) is 1. The van der Waals surface area contributed by atoms with Gasteiger partial charge in [-0.25, -0.2) is 4.79 Å². The molecule has 2 aliphatic rings. The van der Waals surface area contributed by atoms with Gasteiger partial charge >= 0.3 is 6.03 Å². The van der Waals surface area contributed by atoms with E-state index in [9.17, 15) is 4.79 Å². The Bertz CT molecular complexity index is 729. The van der Waals surface area contributed by atoms with Crippen molar-refractivity contribution in [3.05, 3.63) is 48.8 Å². The molecule has 0 bridgehead atoms. The molecule has 5 heteroatoms. The topological polar surface area (TPSA) is 54.5 Å².